The predicted octanol–water partition coefficient (Wildman–Crippen LogP) is 2.92. The molecule has 1 heterocycles. The van der Waals surface area contributed by atoms with Crippen molar-refractivity contribution in [1.82, 2.24) is 5.32 Å². The van der Waals surface area contributed by atoms with E-state index in [0.29, 0.717) is 15.9 Å². The summed E-state index contributed by atoms with van der Waals surface area (Å²) in [6, 6.07) is 7.35. The van der Waals surface area contributed by atoms with E-state index in [1.165, 1.54) is 11.8 Å². The number of amides is 1. The van der Waals surface area contributed by atoms with Gasteiger partial charge in [0.1, 0.15) is 5.70 Å². The Labute approximate surface area is 109 Å². The second-order valence-electron chi connectivity index (χ2n) is 3.36. The lowest BCUT2D eigenvalue weighted by Crippen LogP contribution is -2.21. The molecule has 1 aliphatic heterocycles. The van der Waals surface area contributed by atoms with Crippen LogP contribution in [0.25, 0.3) is 6.08 Å². The van der Waals surface area contributed by atoms with Gasteiger partial charge in [-0.1, -0.05) is 48.5 Å². The Kier molecular flexibility index (Phi) is 3.86. The Morgan fingerprint density at radius 2 is 2.24 bits per heavy atom. The Balaban J connectivity index is 2.28. The Hall–Kier alpha value is -1.26. The maximum Gasteiger partial charge on any atom is 0.275 e. The number of aliphatic imine (C=N–C) groups is 1. The van der Waals surface area contributed by atoms with Crippen LogP contribution >= 0.6 is 23.4 Å². The fraction of sp³-hybridized carbons (Fsp3) is 0.167. The molecule has 0 fully saturated rings. The molecule has 0 saturated heterocycles. The number of amidine groups is 1. The molecule has 3 nitrogen and oxygen atoms in total. The Morgan fingerprint density at radius 3 is 2.94 bits per heavy atom. The largest absolute Gasteiger partial charge is 0.300 e. The van der Waals surface area contributed by atoms with E-state index in [-0.39, 0.29) is 5.91 Å². The van der Waals surface area contributed by atoms with Gasteiger partial charge in [-0.15, -0.1) is 0 Å². The molecule has 1 aromatic carbocycles. The fourth-order valence-corrected chi connectivity index (χ4v) is 2.18. The van der Waals surface area contributed by atoms with Crippen molar-refractivity contribution >= 4 is 40.5 Å². The molecule has 1 amide bonds. The molecular weight excluding hydrogens is 256 g/mol. The molecule has 88 valence electrons. The zero-order valence-corrected chi connectivity index (χ0v) is 10.8. The van der Waals surface area contributed by atoms with E-state index >= 15 is 0 Å². The first-order chi connectivity index (χ1) is 8.20. The zero-order chi connectivity index (χ0) is 12.3. The van der Waals surface area contributed by atoms with E-state index < -0.39 is 0 Å². The van der Waals surface area contributed by atoms with Gasteiger partial charge in [-0.2, -0.15) is 0 Å². The topological polar surface area (TPSA) is 41.5 Å². The van der Waals surface area contributed by atoms with Gasteiger partial charge in [0.15, 0.2) is 5.17 Å². The number of benzene rings is 1. The average Bonchev–Trinajstić information content (AvgIpc) is 2.63. The molecular formula is C12H11ClN2OS. The summed E-state index contributed by atoms with van der Waals surface area (Å²) >= 11 is 7.52. The van der Waals surface area contributed by atoms with Crippen molar-refractivity contribution in [3.8, 4) is 0 Å². The summed E-state index contributed by atoms with van der Waals surface area (Å²) in [6.45, 7) is 2.01. The van der Waals surface area contributed by atoms with Crippen LogP contribution in [0.5, 0.6) is 0 Å². The van der Waals surface area contributed by atoms with Gasteiger partial charge in [-0.3, -0.25) is 10.1 Å². The third-order valence-electron chi connectivity index (χ3n) is 2.15. The minimum absolute atomic E-state index is 0.180. The van der Waals surface area contributed by atoms with E-state index in [1.54, 1.807) is 12.1 Å². The third kappa shape index (κ3) is 2.90. The fourth-order valence-electron chi connectivity index (χ4n) is 1.39. The van der Waals surface area contributed by atoms with Crippen LogP contribution in [0.2, 0.25) is 5.02 Å². The van der Waals surface area contributed by atoms with Gasteiger partial charge in [-0.25, -0.2) is 4.99 Å². The van der Waals surface area contributed by atoms with Crippen LogP contribution in [0.15, 0.2) is 35.0 Å². The van der Waals surface area contributed by atoms with Gasteiger partial charge in [0, 0.05) is 5.02 Å². The molecule has 0 bridgehead atoms. The highest BCUT2D eigenvalue weighted by molar-refractivity contribution is 8.13. The number of carbonyl (C=O) groups is 1. The van der Waals surface area contributed by atoms with Gasteiger partial charge < -0.3 is 0 Å². The molecule has 0 spiro atoms. The molecule has 0 aliphatic carbocycles. The first kappa shape index (κ1) is 12.2. The Morgan fingerprint density at radius 1 is 1.47 bits per heavy atom. The van der Waals surface area contributed by atoms with Crippen molar-refractivity contribution in [2.75, 3.05) is 5.75 Å². The molecule has 0 saturated carbocycles. The summed E-state index contributed by atoms with van der Waals surface area (Å²) in [5.41, 5.74) is 1.19. The summed E-state index contributed by atoms with van der Waals surface area (Å²) < 4.78 is 0. The lowest BCUT2D eigenvalue weighted by molar-refractivity contribution is -0.115. The Bertz CT molecular complexity index is 511. The highest BCUT2D eigenvalue weighted by atomic mass is 35.5. The van der Waals surface area contributed by atoms with Crippen molar-refractivity contribution in [2.45, 2.75) is 6.92 Å². The second-order valence-corrected chi connectivity index (χ2v) is 5.02. The first-order valence-electron chi connectivity index (χ1n) is 5.19. The van der Waals surface area contributed by atoms with Crippen LogP contribution in [-0.2, 0) is 4.79 Å². The summed E-state index contributed by atoms with van der Waals surface area (Å²) in [4.78, 5) is 15.8. The van der Waals surface area contributed by atoms with Gasteiger partial charge >= 0.3 is 0 Å². The number of rotatable bonds is 2. The van der Waals surface area contributed by atoms with E-state index in [4.69, 9.17) is 11.6 Å². The van der Waals surface area contributed by atoms with Crippen LogP contribution in [-0.4, -0.2) is 16.8 Å². The van der Waals surface area contributed by atoms with Gasteiger partial charge in [0.05, 0.1) is 0 Å². The number of halogens is 1. The van der Waals surface area contributed by atoms with Crippen molar-refractivity contribution in [3.63, 3.8) is 0 Å². The molecule has 1 aromatic rings. The summed E-state index contributed by atoms with van der Waals surface area (Å²) in [6.07, 6.45) is 1.70. The molecule has 0 radical (unpaired) electrons. The van der Waals surface area contributed by atoms with E-state index in [2.05, 4.69) is 10.3 Å². The molecule has 5 heteroatoms. The molecule has 17 heavy (non-hydrogen) atoms. The molecule has 0 unspecified atom stereocenters. The lowest BCUT2D eigenvalue weighted by atomic mass is 10.2. The normalized spacial score (nSPS) is 17.2. The highest BCUT2D eigenvalue weighted by Gasteiger charge is 2.19. The van der Waals surface area contributed by atoms with Crippen LogP contribution in [0, 0.1) is 0 Å². The average molecular weight is 267 g/mol. The minimum atomic E-state index is -0.180. The maximum absolute atomic E-state index is 11.6. The standard InChI is InChI=1S/C12H11ClN2OS/c1-2-17-12-14-10(11(16)15-12)7-8-5-3-4-6-9(8)13/h3-7H,2H2,1H3,(H,14,15,16)/b10-7+. The highest BCUT2D eigenvalue weighted by Crippen LogP contribution is 2.21. The number of thioether (sulfide) groups is 1. The third-order valence-corrected chi connectivity index (χ3v) is 3.25. The van der Waals surface area contributed by atoms with Crippen LogP contribution in [0.4, 0.5) is 0 Å². The SMILES string of the molecule is CCSC1=N/C(=C/c2ccccc2Cl)C(=O)N1. The summed E-state index contributed by atoms with van der Waals surface area (Å²) in [5.74, 6) is 0.694. The quantitative estimate of drug-likeness (QED) is 0.837. The van der Waals surface area contributed by atoms with Crippen molar-refractivity contribution in [1.29, 1.82) is 0 Å². The van der Waals surface area contributed by atoms with Crippen molar-refractivity contribution in [2.24, 2.45) is 4.99 Å². The summed E-state index contributed by atoms with van der Waals surface area (Å²) in [7, 11) is 0. The number of nitrogens with zero attached hydrogens (tertiary/aromatic N) is 1. The molecule has 1 aliphatic rings. The van der Waals surface area contributed by atoms with Gasteiger partial charge in [0.2, 0.25) is 0 Å². The van der Waals surface area contributed by atoms with E-state index in [0.717, 1.165) is 11.3 Å². The van der Waals surface area contributed by atoms with Crippen LogP contribution < -0.4 is 5.32 Å². The maximum atomic E-state index is 11.6. The molecule has 0 aromatic heterocycles. The monoisotopic (exact) mass is 266 g/mol. The van der Waals surface area contributed by atoms with Crippen LogP contribution in [0.3, 0.4) is 0 Å². The second kappa shape index (κ2) is 5.38. The van der Waals surface area contributed by atoms with E-state index in [1.807, 2.05) is 25.1 Å². The predicted molar refractivity (Wildman–Crippen MR) is 73.1 cm³/mol. The summed E-state index contributed by atoms with van der Waals surface area (Å²) in [5, 5.41) is 3.97. The molecule has 2 rings (SSSR count). The lowest BCUT2D eigenvalue weighted by Gasteiger charge is -1.97. The van der Waals surface area contributed by atoms with E-state index in [9.17, 15) is 4.79 Å². The van der Waals surface area contributed by atoms with Crippen molar-refractivity contribution in [3.05, 3.63) is 40.5 Å². The van der Waals surface area contributed by atoms with Crippen LogP contribution in [0.1, 0.15) is 12.5 Å². The number of hydrogen-bond donors (Lipinski definition) is 1. The number of hydrogen-bond acceptors (Lipinski definition) is 3. The molecule has 1 N–H and O–H groups in total. The van der Waals surface area contributed by atoms with Gasteiger partial charge in [-0.05, 0) is 23.5 Å². The number of carbonyl (C=O) groups excluding carboxylic acids is 1. The van der Waals surface area contributed by atoms with Gasteiger partial charge in [0.25, 0.3) is 5.91 Å². The smallest absolute Gasteiger partial charge is 0.275 e. The number of nitrogens with one attached hydrogen (secondary N) is 1. The minimum Gasteiger partial charge on any atom is -0.300 e. The zero-order valence-electron chi connectivity index (χ0n) is 9.24. The first-order valence-corrected chi connectivity index (χ1v) is 6.56. The van der Waals surface area contributed by atoms with Crippen molar-refractivity contribution < 1.29 is 4.79 Å². The molecule has 0 atom stereocenters.